The van der Waals surface area contributed by atoms with Crippen molar-refractivity contribution in [1.29, 1.82) is 0 Å². The van der Waals surface area contributed by atoms with Gasteiger partial charge in [-0.1, -0.05) is 19.9 Å². The molecule has 0 saturated carbocycles. The van der Waals surface area contributed by atoms with Crippen molar-refractivity contribution in [1.82, 2.24) is 5.32 Å². The summed E-state index contributed by atoms with van der Waals surface area (Å²) in [6.45, 7) is 6.56. The van der Waals surface area contributed by atoms with Gasteiger partial charge in [0, 0.05) is 24.9 Å². The number of fused-ring (bicyclic) bond motifs is 2. The molecule has 1 aromatic carbocycles. The highest BCUT2D eigenvalue weighted by Crippen LogP contribution is 2.38. The zero-order valence-corrected chi connectivity index (χ0v) is 15.8. The Kier molecular flexibility index (Phi) is 4.21. The molecular formula is C21H23NO5. The first-order valence-electron chi connectivity index (χ1n) is 9.16. The Hall–Kier alpha value is -2.76. The van der Waals surface area contributed by atoms with E-state index >= 15 is 0 Å². The van der Waals surface area contributed by atoms with Crippen molar-refractivity contribution in [3.05, 3.63) is 46.4 Å². The molecule has 2 aromatic rings. The molecule has 0 spiro atoms. The average Bonchev–Trinajstić information content (AvgIpc) is 3.17. The average molecular weight is 369 g/mol. The molecule has 0 atom stereocenters. The second kappa shape index (κ2) is 6.44. The summed E-state index contributed by atoms with van der Waals surface area (Å²) in [4.78, 5) is 25.0. The predicted octanol–water partition coefficient (Wildman–Crippen LogP) is 3.44. The van der Waals surface area contributed by atoms with Crippen LogP contribution in [0.4, 0.5) is 0 Å². The van der Waals surface area contributed by atoms with Gasteiger partial charge in [0.1, 0.15) is 5.76 Å². The normalized spacial score (nSPS) is 16.9. The SMILES string of the molecule is Cc1c(C(=O)NCCc2ccc3c(c2)OCO3)oc2c1C(=O)CC(C)(C)C2. The van der Waals surface area contributed by atoms with Crippen molar-refractivity contribution in [2.75, 3.05) is 13.3 Å². The van der Waals surface area contributed by atoms with Crippen LogP contribution in [0.5, 0.6) is 11.5 Å². The lowest BCUT2D eigenvalue weighted by molar-refractivity contribution is 0.0889. The molecule has 0 radical (unpaired) electrons. The monoisotopic (exact) mass is 369 g/mol. The second-order valence-electron chi connectivity index (χ2n) is 7.99. The molecule has 0 bridgehead atoms. The van der Waals surface area contributed by atoms with Crippen LogP contribution in [0.15, 0.2) is 22.6 Å². The van der Waals surface area contributed by atoms with Gasteiger partial charge in [0.05, 0.1) is 5.56 Å². The van der Waals surface area contributed by atoms with Gasteiger partial charge in [0.2, 0.25) is 6.79 Å². The van der Waals surface area contributed by atoms with E-state index in [1.807, 2.05) is 32.0 Å². The lowest BCUT2D eigenvalue weighted by Crippen LogP contribution is -2.26. The Morgan fingerprint density at radius 3 is 2.78 bits per heavy atom. The quantitative estimate of drug-likeness (QED) is 0.893. The van der Waals surface area contributed by atoms with Crippen LogP contribution in [0.1, 0.15) is 58.1 Å². The first-order valence-corrected chi connectivity index (χ1v) is 9.16. The van der Waals surface area contributed by atoms with Crippen LogP contribution in [0.25, 0.3) is 0 Å². The van der Waals surface area contributed by atoms with Crippen LogP contribution in [0.2, 0.25) is 0 Å². The van der Waals surface area contributed by atoms with Crippen molar-refractivity contribution < 1.29 is 23.5 Å². The van der Waals surface area contributed by atoms with Crippen LogP contribution in [-0.4, -0.2) is 25.0 Å². The van der Waals surface area contributed by atoms with Crippen LogP contribution >= 0.6 is 0 Å². The summed E-state index contributed by atoms with van der Waals surface area (Å²) >= 11 is 0. The molecule has 2 heterocycles. The van der Waals surface area contributed by atoms with Crippen molar-refractivity contribution in [3.8, 4) is 11.5 Å². The molecule has 0 unspecified atom stereocenters. The highest BCUT2D eigenvalue weighted by atomic mass is 16.7. The summed E-state index contributed by atoms with van der Waals surface area (Å²) in [5, 5.41) is 2.88. The number of Topliss-reactive ketones (excluding diaryl/α,β-unsaturated/α-hetero) is 1. The number of ether oxygens (including phenoxy) is 2. The van der Waals surface area contributed by atoms with Gasteiger partial charge in [0.25, 0.3) is 5.91 Å². The number of benzene rings is 1. The lowest BCUT2D eigenvalue weighted by atomic mass is 9.76. The molecule has 142 valence electrons. The second-order valence-corrected chi connectivity index (χ2v) is 7.99. The van der Waals surface area contributed by atoms with E-state index in [0.29, 0.717) is 42.7 Å². The third-order valence-electron chi connectivity index (χ3n) is 5.12. The molecule has 6 heteroatoms. The van der Waals surface area contributed by atoms with E-state index in [2.05, 4.69) is 5.32 Å². The van der Waals surface area contributed by atoms with Gasteiger partial charge in [-0.3, -0.25) is 9.59 Å². The van der Waals surface area contributed by atoms with Gasteiger partial charge < -0.3 is 19.2 Å². The van der Waals surface area contributed by atoms with Crippen LogP contribution in [-0.2, 0) is 12.8 Å². The van der Waals surface area contributed by atoms with Gasteiger partial charge in [-0.05, 0) is 36.5 Å². The fourth-order valence-corrected chi connectivity index (χ4v) is 3.80. The third kappa shape index (κ3) is 3.31. The maximum atomic E-state index is 12.6. The molecule has 1 aliphatic heterocycles. The summed E-state index contributed by atoms with van der Waals surface area (Å²) in [5.74, 6) is 2.13. The maximum absolute atomic E-state index is 12.6. The first kappa shape index (κ1) is 17.6. The van der Waals surface area contributed by atoms with Gasteiger partial charge in [-0.25, -0.2) is 0 Å². The minimum absolute atomic E-state index is 0.0573. The van der Waals surface area contributed by atoms with Crippen LogP contribution < -0.4 is 14.8 Å². The summed E-state index contributed by atoms with van der Waals surface area (Å²) < 4.78 is 16.5. The van der Waals surface area contributed by atoms with Crippen molar-refractivity contribution in [3.63, 3.8) is 0 Å². The van der Waals surface area contributed by atoms with Crippen LogP contribution in [0.3, 0.4) is 0 Å². The first-order chi connectivity index (χ1) is 12.8. The summed E-state index contributed by atoms with van der Waals surface area (Å²) in [6, 6.07) is 5.75. The Balaban J connectivity index is 1.43. The minimum Gasteiger partial charge on any atom is -0.455 e. The van der Waals surface area contributed by atoms with Crippen molar-refractivity contribution in [2.24, 2.45) is 5.41 Å². The highest BCUT2D eigenvalue weighted by molar-refractivity contribution is 6.03. The zero-order valence-electron chi connectivity index (χ0n) is 15.8. The fourth-order valence-electron chi connectivity index (χ4n) is 3.80. The van der Waals surface area contributed by atoms with Crippen molar-refractivity contribution in [2.45, 2.75) is 40.0 Å². The molecule has 2 aliphatic rings. The van der Waals surface area contributed by atoms with Crippen molar-refractivity contribution >= 4 is 11.7 Å². The summed E-state index contributed by atoms with van der Waals surface area (Å²) in [7, 11) is 0. The third-order valence-corrected chi connectivity index (χ3v) is 5.12. The van der Waals surface area contributed by atoms with E-state index in [-0.39, 0.29) is 29.7 Å². The highest BCUT2D eigenvalue weighted by Gasteiger charge is 2.36. The van der Waals surface area contributed by atoms with E-state index in [0.717, 1.165) is 17.1 Å². The number of furan rings is 1. The molecule has 1 N–H and O–H groups in total. The molecular weight excluding hydrogens is 346 g/mol. The number of hydrogen-bond acceptors (Lipinski definition) is 5. The fraction of sp³-hybridized carbons (Fsp3) is 0.429. The molecule has 1 aromatic heterocycles. The van der Waals surface area contributed by atoms with E-state index in [1.54, 1.807) is 6.92 Å². The summed E-state index contributed by atoms with van der Waals surface area (Å²) in [6.07, 6.45) is 1.80. The van der Waals surface area contributed by atoms with E-state index < -0.39 is 0 Å². The smallest absolute Gasteiger partial charge is 0.287 e. The number of carbonyl (C=O) groups excluding carboxylic acids is 2. The standard InChI is InChI=1S/C21H23NO5/c1-12-18-14(23)9-21(2,3)10-17(18)27-19(12)20(24)22-7-6-13-4-5-15-16(8-13)26-11-25-15/h4-5,8H,6-7,9-11H2,1-3H3,(H,22,24). The van der Waals surface area contributed by atoms with E-state index in [1.165, 1.54) is 0 Å². The Morgan fingerprint density at radius 2 is 1.96 bits per heavy atom. The largest absolute Gasteiger partial charge is 0.455 e. The van der Waals surface area contributed by atoms with Crippen LogP contribution in [0, 0.1) is 12.3 Å². The number of carbonyl (C=O) groups is 2. The number of ketones is 1. The Labute approximate surface area is 157 Å². The molecule has 27 heavy (non-hydrogen) atoms. The number of rotatable bonds is 4. The molecule has 4 rings (SSSR count). The van der Waals surface area contributed by atoms with Gasteiger partial charge in [-0.2, -0.15) is 0 Å². The molecule has 1 aliphatic carbocycles. The Morgan fingerprint density at radius 1 is 1.19 bits per heavy atom. The van der Waals surface area contributed by atoms with Gasteiger partial charge >= 0.3 is 0 Å². The Bertz CT molecular complexity index is 925. The molecule has 6 nitrogen and oxygen atoms in total. The molecule has 0 fully saturated rings. The molecule has 1 amide bonds. The lowest BCUT2D eigenvalue weighted by Gasteiger charge is -2.27. The molecule has 0 saturated heterocycles. The number of nitrogens with one attached hydrogen (secondary N) is 1. The minimum atomic E-state index is -0.284. The topological polar surface area (TPSA) is 77.8 Å². The van der Waals surface area contributed by atoms with E-state index in [9.17, 15) is 9.59 Å². The summed E-state index contributed by atoms with van der Waals surface area (Å²) in [5.41, 5.74) is 2.15. The van der Waals surface area contributed by atoms with E-state index in [4.69, 9.17) is 13.9 Å². The maximum Gasteiger partial charge on any atom is 0.287 e. The van der Waals surface area contributed by atoms with Gasteiger partial charge in [0.15, 0.2) is 23.0 Å². The number of amides is 1. The zero-order chi connectivity index (χ0) is 19.2. The number of hydrogen-bond donors (Lipinski definition) is 1. The predicted molar refractivity (Wildman–Crippen MR) is 98.5 cm³/mol. The van der Waals surface area contributed by atoms with Gasteiger partial charge in [-0.15, -0.1) is 0 Å².